The number of nitrogens with zero attached hydrogens (tertiary/aromatic N) is 1. The van der Waals surface area contributed by atoms with Crippen LogP contribution in [0.25, 0.3) is 11.1 Å². The van der Waals surface area contributed by atoms with Crippen LogP contribution in [0.15, 0.2) is 16.9 Å². The first-order chi connectivity index (χ1) is 10.8. The van der Waals surface area contributed by atoms with E-state index in [0.717, 1.165) is 23.2 Å². The predicted molar refractivity (Wildman–Crippen MR) is 88.5 cm³/mol. The third kappa shape index (κ3) is 2.10. The molecule has 0 saturated carbocycles. The zero-order valence-corrected chi connectivity index (χ0v) is 13.1. The standard InChI is InChI=1S/C17H19N3O3/c1-8-5-6-11(21)9(2)12(8)13-10-4-3-7-20(10)17(23)14(15(13)18)16(19)22/h5-6,21H,3-4,7,18H2,1-2H3,(H2,19,22). The maximum absolute atomic E-state index is 12.5. The lowest BCUT2D eigenvalue weighted by molar-refractivity contribution is 0.0999. The molecule has 1 aliphatic heterocycles. The largest absolute Gasteiger partial charge is 0.508 e. The van der Waals surface area contributed by atoms with Gasteiger partial charge in [0.25, 0.3) is 11.5 Å². The van der Waals surface area contributed by atoms with Crippen LogP contribution in [-0.2, 0) is 13.0 Å². The summed E-state index contributed by atoms with van der Waals surface area (Å²) in [5.74, 6) is -0.681. The first kappa shape index (κ1) is 15.1. The summed E-state index contributed by atoms with van der Waals surface area (Å²) in [5.41, 5.74) is 14.8. The number of phenols is 1. The molecule has 0 saturated heterocycles. The van der Waals surface area contributed by atoms with Crippen LogP contribution in [0.4, 0.5) is 5.69 Å². The van der Waals surface area contributed by atoms with Crippen molar-refractivity contribution in [1.29, 1.82) is 0 Å². The number of aromatic nitrogens is 1. The molecule has 0 fully saturated rings. The lowest BCUT2D eigenvalue weighted by Crippen LogP contribution is -2.32. The molecule has 23 heavy (non-hydrogen) atoms. The molecule has 5 N–H and O–H groups in total. The first-order valence-corrected chi connectivity index (χ1v) is 7.49. The molecule has 1 aromatic heterocycles. The van der Waals surface area contributed by atoms with Crippen LogP contribution in [0.2, 0.25) is 0 Å². The minimum absolute atomic E-state index is 0.104. The van der Waals surface area contributed by atoms with Gasteiger partial charge in [-0.2, -0.15) is 0 Å². The van der Waals surface area contributed by atoms with Crippen molar-refractivity contribution in [3.8, 4) is 16.9 Å². The van der Waals surface area contributed by atoms with Crippen molar-refractivity contribution in [2.75, 3.05) is 5.73 Å². The number of fused-ring (bicyclic) bond motifs is 1. The van der Waals surface area contributed by atoms with Gasteiger partial charge in [0.05, 0.1) is 5.69 Å². The quantitative estimate of drug-likeness (QED) is 0.779. The Balaban J connectivity index is 2.49. The van der Waals surface area contributed by atoms with Crippen molar-refractivity contribution in [3.05, 3.63) is 44.9 Å². The van der Waals surface area contributed by atoms with Crippen molar-refractivity contribution < 1.29 is 9.90 Å². The highest BCUT2D eigenvalue weighted by Crippen LogP contribution is 2.40. The number of benzene rings is 1. The van der Waals surface area contributed by atoms with Crippen LogP contribution in [0, 0.1) is 13.8 Å². The Bertz CT molecular complexity index is 897. The average molecular weight is 313 g/mol. The molecule has 0 spiro atoms. The maximum atomic E-state index is 12.5. The minimum Gasteiger partial charge on any atom is -0.508 e. The van der Waals surface area contributed by atoms with E-state index in [9.17, 15) is 14.7 Å². The highest BCUT2D eigenvalue weighted by atomic mass is 16.3. The monoisotopic (exact) mass is 313 g/mol. The number of hydrogen-bond acceptors (Lipinski definition) is 4. The third-order valence-corrected chi connectivity index (χ3v) is 4.55. The van der Waals surface area contributed by atoms with Crippen LogP contribution in [-0.4, -0.2) is 15.6 Å². The lowest BCUT2D eigenvalue weighted by atomic mass is 9.90. The highest BCUT2D eigenvalue weighted by molar-refractivity contribution is 6.02. The molecule has 6 nitrogen and oxygen atoms in total. The van der Waals surface area contributed by atoms with Crippen LogP contribution in [0.5, 0.6) is 5.75 Å². The number of pyridine rings is 1. The highest BCUT2D eigenvalue weighted by Gasteiger charge is 2.28. The van der Waals surface area contributed by atoms with E-state index >= 15 is 0 Å². The van der Waals surface area contributed by atoms with E-state index in [1.54, 1.807) is 23.6 Å². The van der Waals surface area contributed by atoms with Crippen LogP contribution < -0.4 is 17.0 Å². The van der Waals surface area contributed by atoms with Crippen molar-refractivity contribution >= 4 is 11.6 Å². The number of phenolic OH excluding ortho intramolecular Hbond substituents is 1. The van der Waals surface area contributed by atoms with Crippen LogP contribution in [0.3, 0.4) is 0 Å². The number of hydrogen-bond donors (Lipinski definition) is 3. The number of aromatic hydroxyl groups is 1. The van der Waals surface area contributed by atoms with Crippen LogP contribution in [0.1, 0.15) is 33.6 Å². The summed E-state index contributed by atoms with van der Waals surface area (Å²) in [4.78, 5) is 24.2. The van der Waals surface area contributed by atoms with E-state index in [4.69, 9.17) is 11.5 Å². The fraction of sp³-hybridized carbons (Fsp3) is 0.294. The molecule has 0 atom stereocenters. The van der Waals surface area contributed by atoms with Gasteiger partial charge in [0.1, 0.15) is 11.3 Å². The number of carbonyl (C=O) groups is 1. The molecule has 1 aliphatic rings. The van der Waals surface area contributed by atoms with Gasteiger partial charge in [-0.3, -0.25) is 9.59 Å². The third-order valence-electron chi connectivity index (χ3n) is 4.55. The van der Waals surface area contributed by atoms with Gasteiger partial charge in [-0.15, -0.1) is 0 Å². The van der Waals surface area contributed by atoms with Crippen molar-refractivity contribution in [3.63, 3.8) is 0 Å². The van der Waals surface area contributed by atoms with Crippen molar-refractivity contribution in [2.24, 2.45) is 5.73 Å². The van der Waals surface area contributed by atoms with Crippen molar-refractivity contribution in [1.82, 2.24) is 4.57 Å². The molecule has 1 aromatic carbocycles. The molecule has 0 bridgehead atoms. The van der Waals surface area contributed by atoms with Gasteiger partial charge < -0.3 is 21.1 Å². The van der Waals surface area contributed by atoms with E-state index in [0.29, 0.717) is 24.1 Å². The number of aryl methyl sites for hydroxylation is 1. The molecule has 3 rings (SSSR count). The molecule has 1 amide bonds. The summed E-state index contributed by atoms with van der Waals surface area (Å²) in [7, 11) is 0. The van der Waals surface area contributed by atoms with Gasteiger partial charge in [0, 0.05) is 17.8 Å². The molecule has 120 valence electrons. The second-order valence-corrected chi connectivity index (χ2v) is 5.94. The summed E-state index contributed by atoms with van der Waals surface area (Å²) in [5, 5.41) is 10.1. The fourth-order valence-corrected chi connectivity index (χ4v) is 3.43. The van der Waals surface area contributed by atoms with E-state index in [1.807, 2.05) is 6.92 Å². The molecule has 2 aromatic rings. The Hall–Kier alpha value is -2.76. The van der Waals surface area contributed by atoms with Crippen LogP contribution >= 0.6 is 0 Å². The lowest BCUT2D eigenvalue weighted by Gasteiger charge is -2.19. The number of primary amides is 1. The van der Waals surface area contributed by atoms with Gasteiger partial charge in [-0.05, 0) is 49.4 Å². The number of nitrogen functional groups attached to an aromatic ring is 1. The van der Waals surface area contributed by atoms with E-state index in [1.165, 1.54) is 0 Å². The van der Waals surface area contributed by atoms with Gasteiger partial charge in [0.2, 0.25) is 0 Å². The maximum Gasteiger partial charge on any atom is 0.265 e. The molecule has 6 heteroatoms. The van der Waals surface area contributed by atoms with E-state index in [-0.39, 0.29) is 17.0 Å². The Morgan fingerprint density at radius 2 is 1.96 bits per heavy atom. The molecular formula is C17H19N3O3. The average Bonchev–Trinajstić information content (AvgIpc) is 2.96. The normalized spacial score (nSPS) is 13.1. The van der Waals surface area contributed by atoms with Gasteiger partial charge in [-0.25, -0.2) is 0 Å². The van der Waals surface area contributed by atoms with Gasteiger partial charge in [0.15, 0.2) is 0 Å². The Morgan fingerprint density at radius 1 is 1.26 bits per heavy atom. The topological polar surface area (TPSA) is 111 Å². The summed E-state index contributed by atoms with van der Waals surface area (Å²) in [6.45, 7) is 4.24. The summed E-state index contributed by atoms with van der Waals surface area (Å²) >= 11 is 0. The molecule has 2 heterocycles. The Morgan fingerprint density at radius 3 is 2.61 bits per heavy atom. The SMILES string of the molecule is Cc1ccc(O)c(C)c1-c1c(N)c(C(N)=O)c(=O)n2c1CCC2. The number of rotatable bonds is 2. The van der Waals surface area contributed by atoms with Gasteiger partial charge >= 0.3 is 0 Å². The van der Waals surface area contributed by atoms with E-state index < -0.39 is 11.5 Å². The smallest absolute Gasteiger partial charge is 0.265 e. The number of amides is 1. The minimum atomic E-state index is -0.827. The summed E-state index contributed by atoms with van der Waals surface area (Å²) in [6, 6.07) is 3.41. The first-order valence-electron chi connectivity index (χ1n) is 7.49. The Kier molecular flexibility index (Phi) is 3.39. The van der Waals surface area contributed by atoms with E-state index in [2.05, 4.69) is 0 Å². The fourth-order valence-electron chi connectivity index (χ4n) is 3.43. The zero-order valence-electron chi connectivity index (χ0n) is 13.1. The summed E-state index contributed by atoms with van der Waals surface area (Å²) < 4.78 is 1.58. The zero-order chi connectivity index (χ0) is 16.9. The number of anilines is 1. The molecule has 0 radical (unpaired) electrons. The number of nitrogens with two attached hydrogens (primary N) is 2. The number of carbonyl (C=O) groups excluding carboxylic acids is 1. The summed E-state index contributed by atoms with van der Waals surface area (Å²) in [6.07, 6.45) is 1.50. The van der Waals surface area contributed by atoms with Crippen molar-refractivity contribution in [2.45, 2.75) is 33.2 Å². The Labute approximate surface area is 133 Å². The molecule has 0 aliphatic carbocycles. The second-order valence-electron chi connectivity index (χ2n) is 5.94. The molecule has 0 unspecified atom stereocenters. The second kappa shape index (κ2) is 5.15. The predicted octanol–water partition coefficient (Wildman–Crippen LogP) is 1.47. The van der Waals surface area contributed by atoms with Gasteiger partial charge in [-0.1, -0.05) is 6.07 Å². The molecular weight excluding hydrogens is 294 g/mol.